The fourth-order valence-corrected chi connectivity index (χ4v) is 3.59. The van der Waals surface area contributed by atoms with Crippen LogP contribution in [0.2, 0.25) is 10.0 Å². The van der Waals surface area contributed by atoms with Gasteiger partial charge in [-0.1, -0.05) is 62.2 Å². The van der Waals surface area contributed by atoms with E-state index in [1.54, 1.807) is 30.3 Å². The molecule has 0 aliphatic carbocycles. The molecule has 2 amide bonds. The van der Waals surface area contributed by atoms with E-state index in [0.29, 0.717) is 22.0 Å². The van der Waals surface area contributed by atoms with Gasteiger partial charge in [-0.3, -0.25) is 14.9 Å². The van der Waals surface area contributed by atoms with E-state index in [1.165, 1.54) is 12.1 Å². The van der Waals surface area contributed by atoms with Crippen LogP contribution in [0.5, 0.6) is 0 Å². The third kappa shape index (κ3) is 6.78. The number of hydrogen-bond donors (Lipinski definition) is 3. The first-order valence-corrected chi connectivity index (χ1v) is 11.3. The molecule has 3 aromatic carbocycles. The number of rotatable bonds is 4. The standard InChI is InChI=1S/C25H23Cl2N3O2S/c1-25(2,3)16-9-7-15(8-10-16)22(31)28-18-5-4-6-19(14-18)29-24(33)30-23(32)20-13-17(26)11-12-21(20)27/h4-14H,1-3H3,(H,28,31)(H2,29,30,32,33). The highest BCUT2D eigenvalue weighted by atomic mass is 35.5. The number of amides is 2. The van der Waals surface area contributed by atoms with Crippen LogP contribution in [0.15, 0.2) is 66.7 Å². The maximum atomic E-state index is 12.6. The van der Waals surface area contributed by atoms with Gasteiger partial charge in [0.05, 0.1) is 10.6 Å². The summed E-state index contributed by atoms with van der Waals surface area (Å²) in [5.74, 6) is -0.706. The lowest BCUT2D eigenvalue weighted by molar-refractivity contribution is 0.0976. The number of thiocarbonyl (C=S) groups is 1. The van der Waals surface area contributed by atoms with E-state index in [-0.39, 0.29) is 27.0 Å². The topological polar surface area (TPSA) is 70.2 Å². The summed E-state index contributed by atoms with van der Waals surface area (Å²) >= 11 is 17.2. The Morgan fingerprint density at radius 1 is 0.818 bits per heavy atom. The zero-order valence-corrected chi connectivity index (χ0v) is 20.7. The van der Waals surface area contributed by atoms with Crippen LogP contribution in [-0.4, -0.2) is 16.9 Å². The van der Waals surface area contributed by atoms with Crippen LogP contribution >= 0.6 is 35.4 Å². The van der Waals surface area contributed by atoms with Crippen molar-refractivity contribution in [2.75, 3.05) is 10.6 Å². The number of benzene rings is 3. The summed E-state index contributed by atoms with van der Waals surface area (Å²) in [4.78, 5) is 25.1. The molecule has 0 heterocycles. The van der Waals surface area contributed by atoms with Gasteiger partial charge in [-0.2, -0.15) is 0 Å². The number of carbonyl (C=O) groups excluding carboxylic acids is 2. The molecule has 0 unspecified atom stereocenters. The maximum Gasteiger partial charge on any atom is 0.258 e. The lowest BCUT2D eigenvalue weighted by Crippen LogP contribution is -2.34. The molecule has 0 bridgehead atoms. The Kier molecular flexibility index (Phi) is 7.74. The molecular formula is C25H23Cl2N3O2S. The lowest BCUT2D eigenvalue weighted by Gasteiger charge is -2.19. The van der Waals surface area contributed by atoms with Gasteiger partial charge in [0.2, 0.25) is 0 Å². The normalized spacial score (nSPS) is 10.9. The van der Waals surface area contributed by atoms with Gasteiger partial charge in [-0.05, 0) is 71.7 Å². The number of carbonyl (C=O) groups is 2. The summed E-state index contributed by atoms with van der Waals surface area (Å²) in [6.45, 7) is 6.37. The van der Waals surface area contributed by atoms with Crippen LogP contribution in [0.4, 0.5) is 11.4 Å². The van der Waals surface area contributed by atoms with Gasteiger partial charge < -0.3 is 10.6 Å². The van der Waals surface area contributed by atoms with Gasteiger partial charge in [-0.25, -0.2) is 0 Å². The molecule has 0 aliphatic heterocycles. The molecule has 0 aromatic heterocycles. The van der Waals surface area contributed by atoms with Crippen molar-refractivity contribution in [3.05, 3.63) is 93.5 Å². The van der Waals surface area contributed by atoms with Crippen molar-refractivity contribution >= 4 is 63.7 Å². The largest absolute Gasteiger partial charge is 0.332 e. The Morgan fingerprint density at radius 3 is 2.09 bits per heavy atom. The maximum absolute atomic E-state index is 12.6. The zero-order valence-electron chi connectivity index (χ0n) is 18.3. The molecule has 0 saturated carbocycles. The molecule has 3 rings (SSSR count). The quantitative estimate of drug-likeness (QED) is 0.350. The number of hydrogen-bond acceptors (Lipinski definition) is 3. The summed E-state index contributed by atoms with van der Waals surface area (Å²) in [7, 11) is 0. The van der Waals surface area contributed by atoms with Crippen LogP contribution in [-0.2, 0) is 5.41 Å². The molecule has 33 heavy (non-hydrogen) atoms. The van der Waals surface area contributed by atoms with Gasteiger partial charge in [-0.15, -0.1) is 0 Å². The minimum atomic E-state index is -0.483. The highest BCUT2D eigenvalue weighted by molar-refractivity contribution is 7.80. The number of nitrogens with one attached hydrogen (secondary N) is 3. The number of anilines is 2. The first-order chi connectivity index (χ1) is 15.5. The van der Waals surface area contributed by atoms with Crippen LogP contribution < -0.4 is 16.0 Å². The molecule has 8 heteroatoms. The lowest BCUT2D eigenvalue weighted by atomic mass is 9.87. The summed E-state index contributed by atoms with van der Waals surface area (Å²) in [5.41, 5.74) is 3.12. The third-order valence-electron chi connectivity index (χ3n) is 4.79. The Hall–Kier alpha value is -2.93. The Bertz CT molecular complexity index is 1210. The smallest absolute Gasteiger partial charge is 0.258 e. The van der Waals surface area contributed by atoms with Gasteiger partial charge in [0.25, 0.3) is 11.8 Å². The van der Waals surface area contributed by atoms with E-state index in [1.807, 2.05) is 24.3 Å². The fraction of sp³-hybridized carbons (Fsp3) is 0.160. The molecule has 0 aliphatic rings. The average Bonchev–Trinajstić information content (AvgIpc) is 2.75. The monoisotopic (exact) mass is 499 g/mol. The Balaban J connectivity index is 1.63. The molecule has 0 fully saturated rings. The second-order valence-corrected chi connectivity index (χ2v) is 9.65. The van der Waals surface area contributed by atoms with Gasteiger partial charge >= 0.3 is 0 Å². The first kappa shape index (κ1) is 24.7. The van der Waals surface area contributed by atoms with Crippen molar-refractivity contribution in [2.45, 2.75) is 26.2 Å². The van der Waals surface area contributed by atoms with Gasteiger partial charge in [0.1, 0.15) is 0 Å². The molecule has 5 nitrogen and oxygen atoms in total. The third-order valence-corrected chi connectivity index (χ3v) is 5.56. The van der Waals surface area contributed by atoms with E-state index in [9.17, 15) is 9.59 Å². The summed E-state index contributed by atoms with van der Waals surface area (Å²) in [6, 6.07) is 19.1. The minimum Gasteiger partial charge on any atom is -0.332 e. The van der Waals surface area contributed by atoms with Crippen molar-refractivity contribution in [3.63, 3.8) is 0 Å². The molecule has 0 atom stereocenters. The molecule has 0 radical (unpaired) electrons. The molecule has 0 saturated heterocycles. The Morgan fingerprint density at radius 2 is 1.45 bits per heavy atom. The predicted molar refractivity (Wildman–Crippen MR) is 140 cm³/mol. The summed E-state index contributed by atoms with van der Waals surface area (Å²) in [6.07, 6.45) is 0. The van der Waals surface area contributed by atoms with E-state index in [0.717, 1.165) is 5.56 Å². The van der Waals surface area contributed by atoms with E-state index < -0.39 is 5.91 Å². The highest BCUT2D eigenvalue weighted by Crippen LogP contribution is 2.23. The minimum absolute atomic E-state index is 0.0148. The summed E-state index contributed by atoms with van der Waals surface area (Å²) in [5, 5.41) is 9.10. The van der Waals surface area contributed by atoms with E-state index >= 15 is 0 Å². The van der Waals surface area contributed by atoms with E-state index in [2.05, 4.69) is 36.7 Å². The fourth-order valence-electron chi connectivity index (χ4n) is 3.00. The Labute approximate surface area is 208 Å². The van der Waals surface area contributed by atoms with Crippen LogP contribution in [0.1, 0.15) is 47.1 Å². The van der Waals surface area contributed by atoms with Gasteiger partial charge in [0, 0.05) is 22.0 Å². The van der Waals surface area contributed by atoms with Crippen molar-refractivity contribution in [1.82, 2.24) is 5.32 Å². The molecular weight excluding hydrogens is 477 g/mol. The average molecular weight is 500 g/mol. The van der Waals surface area contributed by atoms with Crippen LogP contribution in [0.3, 0.4) is 0 Å². The summed E-state index contributed by atoms with van der Waals surface area (Å²) < 4.78 is 0. The van der Waals surface area contributed by atoms with Crippen LogP contribution in [0.25, 0.3) is 0 Å². The SMILES string of the molecule is CC(C)(C)c1ccc(C(=O)Nc2cccc(NC(=S)NC(=O)c3cc(Cl)ccc3Cl)c2)cc1. The predicted octanol–water partition coefficient (Wildman–Crippen LogP) is 6.67. The first-order valence-electron chi connectivity index (χ1n) is 10.1. The van der Waals surface area contributed by atoms with Crippen molar-refractivity contribution in [2.24, 2.45) is 0 Å². The molecule has 0 spiro atoms. The van der Waals surface area contributed by atoms with Crippen LogP contribution in [0, 0.1) is 0 Å². The zero-order chi connectivity index (χ0) is 24.2. The van der Waals surface area contributed by atoms with Crippen molar-refractivity contribution < 1.29 is 9.59 Å². The molecule has 3 N–H and O–H groups in total. The van der Waals surface area contributed by atoms with Gasteiger partial charge in [0.15, 0.2) is 5.11 Å². The highest BCUT2D eigenvalue weighted by Gasteiger charge is 2.15. The number of halogens is 2. The van der Waals surface area contributed by atoms with E-state index in [4.69, 9.17) is 35.4 Å². The van der Waals surface area contributed by atoms with Crippen molar-refractivity contribution in [3.8, 4) is 0 Å². The second kappa shape index (κ2) is 10.3. The molecule has 3 aromatic rings. The molecule has 170 valence electrons. The van der Waals surface area contributed by atoms with Crippen molar-refractivity contribution in [1.29, 1.82) is 0 Å². The second-order valence-electron chi connectivity index (χ2n) is 8.39.